The largest absolute Gasteiger partial charge is 0.381 e. The van der Waals surface area contributed by atoms with Crippen molar-refractivity contribution < 1.29 is 14.3 Å². The average molecular weight is 489 g/mol. The highest BCUT2D eigenvalue weighted by molar-refractivity contribution is 6.33. The number of nitrogens with zero attached hydrogens (tertiary/aromatic N) is 3. The molecule has 34 heavy (non-hydrogen) atoms. The SMILES string of the molecule is CC(C)O[C@H]1CNC[C@@H]1C(=O)Nc1cc(-c2cncc(NCC3(C)CCOCC3)n2)c(Cl)cn1. The predicted molar refractivity (Wildman–Crippen MR) is 132 cm³/mol. The summed E-state index contributed by atoms with van der Waals surface area (Å²) in [6, 6.07) is 1.73. The Hall–Kier alpha value is -2.33. The maximum atomic E-state index is 12.9. The third-order valence-corrected chi connectivity index (χ3v) is 6.66. The van der Waals surface area contributed by atoms with Crippen LogP contribution in [0.3, 0.4) is 0 Å². The van der Waals surface area contributed by atoms with E-state index < -0.39 is 0 Å². The van der Waals surface area contributed by atoms with E-state index in [1.165, 1.54) is 6.20 Å². The third kappa shape index (κ3) is 6.21. The molecule has 0 radical (unpaired) electrons. The summed E-state index contributed by atoms with van der Waals surface area (Å²) in [6.45, 7) is 9.76. The van der Waals surface area contributed by atoms with Crippen molar-refractivity contribution in [2.45, 2.75) is 45.8 Å². The molecule has 2 aromatic heterocycles. The van der Waals surface area contributed by atoms with E-state index in [1.54, 1.807) is 18.5 Å². The van der Waals surface area contributed by atoms with Crippen molar-refractivity contribution in [3.8, 4) is 11.3 Å². The zero-order valence-electron chi connectivity index (χ0n) is 19.9. The summed E-state index contributed by atoms with van der Waals surface area (Å²) in [4.78, 5) is 26.2. The van der Waals surface area contributed by atoms with Crippen molar-refractivity contribution in [1.82, 2.24) is 20.3 Å². The highest BCUT2D eigenvalue weighted by atomic mass is 35.5. The van der Waals surface area contributed by atoms with Crippen molar-refractivity contribution in [2.24, 2.45) is 11.3 Å². The van der Waals surface area contributed by atoms with Crippen LogP contribution in [0, 0.1) is 11.3 Å². The number of aromatic nitrogens is 3. The number of rotatable bonds is 8. The first-order chi connectivity index (χ1) is 16.3. The molecule has 2 saturated heterocycles. The van der Waals surface area contributed by atoms with Gasteiger partial charge in [-0.1, -0.05) is 18.5 Å². The molecule has 2 aliphatic rings. The molecule has 0 spiro atoms. The number of anilines is 2. The standard InChI is InChI=1S/C24H33ClN6O3/c1-15(2)34-20-12-26-9-17(20)23(32)31-21-8-16(18(25)10-28-21)19-11-27-13-22(30-19)29-14-24(3)4-6-33-7-5-24/h8,10-11,13,15,17,20,26H,4-7,9,12,14H2,1-3H3,(H,29,30)(H,28,31,32)/t17-,20-/m0/s1. The van der Waals surface area contributed by atoms with Crippen LogP contribution in [0.15, 0.2) is 24.7 Å². The van der Waals surface area contributed by atoms with E-state index in [4.69, 9.17) is 26.1 Å². The van der Waals surface area contributed by atoms with Crippen molar-refractivity contribution >= 4 is 29.1 Å². The molecule has 1 amide bonds. The van der Waals surface area contributed by atoms with E-state index in [0.717, 1.165) is 32.6 Å². The fraction of sp³-hybridized carbons (Fsp3) is 0.583. The topological polar surface area (TPSA) is 110 Å². The maximum Gasteiger partial charge on any atom is 0.232 e. The number of pyridine rings is 1. The van der Waals surface area contributed by atoms with Gasteiger partial charge in [0.1, 0.15) is 11.6 Å². The van der Waals surface area contributed by atoms with Gasteiger partial charge in [0.25, 0.3) is 0 Å². The molecule has 0 saturated carbocycles. The summed E-state index contributed by atoms with van der Waals surface area (Å²) in [5, 5.41) is 9.98. The number of carbonyl (C=O) groups is 1. The summed E-state index contributed by atoms with van der Waals surface area (Å²) in [5.74, 6) is 0.661. The minimum absolute atomic E-state index is 0.0500. The molecule has 10 heteroatoms. The van der Waals surface area contributed by atoms with Crippen LogP contribution in [0.5, 0.6) is 0 Å². The van der Waals surface area contributed by atoms with Crippen LogP contribution in [0.2, 0.25) is 5.02 Å². The highest BCUT2D eigenvalue weighted by Crippen LogP contribution is 2.31. The van der Waals surface area contributed by atoms with Gasteiger partial charge in [0, 0.05) is 44.6 Å². The number of ether oxygens (including phenoxy) is 2. The molecule has 184 valence electrons. The molecule has 0 bridgehead atoms. The van der Waals surface area contributed by atoms with E-state index in [0.29, 0.717) is 41.0 Å². The van der Waals surface area contributed by atoms with Gasteiger partial charge in [0.15, 0.2) is 0 Å². The van der Waals surface area contributed by atoms with Gasteiger partial charge < -0.3 is 25.4 Å². The summed E-state index contributed by atoms with van der Waals surface area (Å²) in [7, 11) is 0. The Kier molecular flexibility index (Phi) is 7.98. The molecule has 2 fully saturated rings. The van der Waals surface area contributed by atoms with Gasteiger partial charge in [0.05, 0.1) is 41.2 Å². The Labute approximate surface area is 205 Å². The number of carbonyl (C=O) groups excluding carboxylic acids is 1. The maximum absolute atomic E-state index is 12.9. The molecule has 4 heterocycles. The van der Waals surface area contributed by atoms with Gasteiger partial charge in [0.2, 0.25) is 5.91 Å². The minimum Gasteiger partial charge on any atom is -0.381 e. The van der Waals surface area contributed by atoms with Crippen LogP contribution in [-0.2, 0) is 14.3 Å². The summed E-state index contributed by atoms with van der Waals surface area (Å²) in [6.07, 6.45) is 6.77. The van der Waals surface area contributed by atoms with Gasteiger partial charge in [-0.15, -0.1) is 0 Å². The molecular weight excluding hydrogens is 456 g/mol. The van der Waals surface area contributed by atoms with Crippen molar-refractivity contribution in [1.29, 1.82) is 0 Å². The minimum atomic E-state index is -0.290. The monoisotopic (exact) mass is 488 g/mol. The van der Waals surface area contributed by atoms with Crippen LogP contribution in [-0.4, -0.2) is 65.9 Å². The molecule has 9 nitrogen and oxygen atoms in total. The van der Waals surface area contributed by atoms with Gasteiger partial charge in [-0.05, 0) is 38.2 Å². The average Bonchev–Trinajstić information content (AvgIpc) is 3.27. The second-order valence-corrected chi connectivity index (χ2v) is 10.0. The normalized spacial score (nSPS) is 22.0. The fourth-order valence-electron chi connectivity index (χ4n) is 4.26. The zero-order valence-corrected chi connectivity index (χ0v) is 20.7. The summed E-state index contributed by atoms with van der Waals surface area (Å²) in [5.41, 5.74) is 1.42. The number of hydrogen-bond acceptors (Lipinski definition) is 8. The number of amides is 1. The zero-order chi connectivity index (χ0) is 24.1. The Balaban J connectivity index is 1.45. The third-order valence-electron chi connectivity index (χ3n) is 6.36. The quantitative estimate of drug-likeness (QED) is 0.518. The van der Waals surface area contributed by atoms with E-state index in [1.807, 2.05) is 13.8 Å². The Morgan fingerprint density at radius 2 is 2.06 bits per heavy atom. The fourth-order valence-corrected chi connectivity index (χ4v) is 4.46. The molecule has 4 rings (SSSR count). The second kappa shape index (κ2) is 10.9. The Morgan fingerprint density at radius 1 is 1.26 bits per heavy atom. The van der Waals surface area contributed by atoms with Crippen molar-refractivity contribution in [2.75, 3.05) is 43.5 Å². The van der Waals surface area contributed by atoms with E-state index in [-0.39, 0.29) is 29.4 Å². The van der Waals surface area contributed by atoms with Gasteiger partial charge in [-0.3, -0.25) is 9.78 Å². The molecule has 2 aromatic rings. The Bertz CT molecular complexity index is 998. The first kappa shape index (κ1) is 24.8. The lowest BCUT2D eigenvalue weighted by Gasteiger charge is -2.33. The number of halogens is 1. The van der Waals surface area contributed by atoms with Gasteiger partial charge in [-0.25, -0.2) is 9.97 Å². The number of nitrogens with one attached hydrogen (secondary N) is 3. The first-order valence-electron chi connectivity index (χ1n) is 11.8. The summed E-state index contributed by atoms with van der Waals surface area (Å²) < 4.78 is 11.4. The number of hydrogen-bond donors (Lipinski definition) is 3. The molecule has 0 aliphatic carbocycles. The van der Waals surface area contributed by atoms with Crippen molar-refractivity contribution in [3.05, 3.63) is 29.7 Å². The van der Waals surface area contributed by atoms with Gasteiger partial charge in [-0.2, -0.15) is 0 Å². The first-order valence-corrected chi connectivity index (χ1v) is 12.2. The van der Waals surface area contributed by atoms with E-state index >= 15 is 0 Å². The van der Waals surface area contributed by atoms with Gasteiger partial charge >= 0.3 is 0 Å². The van der Waals surface area contributed by atoms with Crippen molar-refractivity contribution in [3.63, 3.8) is 0 Å². The predicted octanol–water partition coefficient (Wildman–Crippen LogP) is 3.37. The molecule has 2 atom stereocenters. The van der Waals surface area contributed by atoms with E-state index in [9.17, 15) is 4.79 Å². The molecule has 0 aromatic carbocycles. The van der Waals surface area contributed by atoms with Crippen LogP contribution < -0.4 is 16.0 Å². The highest BCUT2D eigenvalue weighted by Gasteiger charge is 2.34. The smallest absolute Gasteiger partial charge is 0.232 e. The lowest BCUT2D eigenvalue weighted by Crippen LogP contribution is -2.35. The van der Waals surface area contributed by atoms with E-state index in [2.05, 4.69) is 32.8 Å². The molecular formula is C24H33ClN6O3. The molecule has 3 N–H and O–H groups in total. The van der Waals surface area contributed by atoms with Crippen LogP contribution >= 0.6 is 11.6 Å². The summed E-state index contributed by atoms with van der Waals surface area (Å²) >= 11 is 6.44. The molecule has 2 aliphatic heterocycles. The lowest BCUT2D eigenvalue weighted by molar-refractivity contribution is -0.124. The van der Waals surface area contributed by atoms with Crippen LogP contribution in [0.1, 0.15) is 33.6 Å². The van der Waals surface area contributed by atoms with Crippen LogP contribution in [0.25, 0.3) is 11.3 Å². The second-order valence-electron chi connectivity index (χ2n) is 9.59. The lowest BCUT2D eigenvalue weighted by atomic mass is 9.82. The Morgan fingerprint density at radius 3 is 2.82 bits per heavy atom. The van der Waals surface area contributed by atoms with Crippen LogP contribution in [0.4, 0.5) is 11.6 Å². The molecule has 0 unspecified atom stereocenters.